The largest absolute Gasteiger partial charge is 0.496 e. The van der Waals surface area contributed by atoms with Gasteiger partial charge in [0.25, 0.3) is 0 Å². The fourth-order valence-corrected chi connectivity index (χ4v) is 2.87. The number of benzene rings is 1. The van der Waals surface area contributed by atoms with E-state index in [1.807, 2.05) is 12.1 Å². The quantitative estimate of drug-likeness (QED) is 0.890. The highest BCUT2D eigenvalue weighted by atomic mass is 16.5. The second-order valence-corrected chi connectivity index (χ2v) is 5.00. The lowest BCUT2D eigenvalue weighted by atomic mass is 9.64. The molecule has 0 aromatic heterocycles. The smallest absolute Gasteiger partial charge is 0.314 e. The molecule has 1 aliphatic heterocycles. The van der Waals surface area contributed by atoms with Gasteiger partial charge in [0.1, 0.15) is 11.5 Å². The van der Waals surface area contributed by atoms with Gasteiger partial charge in [0.15, 0.2) is 0 Å². The van der Waals surface area contributed by atoms with Gasteiger partial charge in [0.2, 0.25) is 0 Å². The number of hydrogen-bond acceptors (Lipinski definition) is 3. The summed E-state index contributed by atoms with van der Waals surface area (Å²) in [5.41, 5.74) is 1.10. The minimum Gasteiger partial charge on any atom is -0.496 e. The van der Waals surface area contributed by atoms with E-state index in [4.69, 9.17) is 9.47 Å². The number of ether oxygens (including phenoxy) is 2. The van der Waals surface area contributed by atoms with Crippen LogP contribution in [0.15, 0.2) is 12.1 Å². The Kier molecular flexibility index (Phi) is 2.47. The van der Waals surface area contributed by atoms with E-state index >= 15 is 0 Å². The highest BCUT2D eigenvalue weighted by Crippen LogP contribution is 2.49. The third-order valence-electron chi connectivity index (χ3n) is 4.14. The van der Waals surface area contributed by atoms with Crippen molar-refractivity contribution in [3.8, 4) is 11.5 Å². The van der Waals surface area contributed by atoms with E-state index < -0.39 is 11.4 Å². The molecule has 0 atom stereocenters. The molecule has 0 bridgehead atoms. The van der Waals surface area contributed by atoms with Crippen LogP contribution in [0.4, 0.5) is 0 Å². The average Bonchev–Trinajstić information content (AvgIpc) is 2.72. The molecule has 4 nitrogen and oxygen atoms in total. The van der Waals surface area contributed by atoms with Gasteiger partial charge in [-0.2, -0.15) is 0 Å². The van der Waals surface area contributed by atoms with Crippen LogP contribution in [0.2, 0.25) is 0 Å². The highest BCUT2D eigenvalue weighted by molar-refractivity contribution is 5.84. The van der Waals surface area contributed by atoms with E-state index in [0.717, 1.165) is 29.7 Å². The first-order valence-corrected chi connectivity index (χ1v) is 6.25. The van der Waals surface area contributed by atoms with Gasteiger partial charge in [-0.3, -0.25) is 4.79 Å². The van der Waals surface area contributed by atoms with E-state index in [9.17, 15) is 9.90 Å². The number of carboxylic acids is 1. The third-order valence-corrected chi connectivity index (χ3v) is 4.14. The Balaban J connectivity index is 2.13. The molecule has 1 aromatic rings. The van der Waals surface area contributed by atoms with Gasteiger partial charge in [-0.25, -0.2) is 0 Å². The van der Waals surface area contributed by atoms with Crippen molar-refractivity contribution in [2.24, 2.45) is 0 Å². The molecule has 1 N–H and O–H groups in total. The topological polar surface area (TPSA) is 55.8 Å². The molecule has 0 amide bonds. The molecule has 0 unspecified atom stereocenters. The lowest BCUT2D eigenvalue weighted by Crippen LogP contribution is -2.42. The summed E-state index contributed by atoms with van der Waals surface area (Å²) in [4.78, 5) is 11.6. The van der Waals surface area contributed by atoms with Crippen molar-refractivity contribution in [3.63, 3.8) is 0 Å². The monoisotopic (exact) mass is 248 g/mol. The van der Waals surface area contributed by atoms with Crippen LogP contribution in [0.3, 0.4) is 0 Å². The second kappa shape index (κ2) is 3.90. The average molecular weight is 248 g/mol. The lowest BCUT2D eigenvalue weighted by molar-refractivity contribution is -0.147. The SMILES string of the molecule is COc1cc2c(cc1C1(C(=O)O)CCC1)OCC2. The van der Waals surface area contributed by atoms with Gasteiger partial charge in [-0.05, 0) is 25.0 Å². The van der Waals surface area contributed by atoms with Crippen molar-refractivity contribution >= 4 is 5.97 Å². The third kappa shape index (κ3) is 1.41. The van der Waals surface area contributed by atoms with E-state index in [0.29, 0.717) is 25.2 Å². The maximum atomic E-state index is 11.6. The zero-order valence-corrected chi connectivity index (χ0v) is 10.4. The Morgan fingerprint density at radius 3 is 2.78 bits per heavy atom. The normalized spacial score (nSPS) is 19.6. The Bertz CT molecular complexity index is 503. The molecule has 96 valence electrons. The summed E-state index contributed by atoms with van der Waals surface area (Å²) in [7, 11) is 1.59. The van der Waals surface area contributed by atoms with Crippen LogP contribution in [-0.4, -0.2) is 24.8 Å². The van der Waals surface area contributed by atoms with E-state index in [-0.39, 0.29) is 0 Å². The van der Waals surface area contributed by atoms with Crippen molar-refractivity contribution in [1.29, 1.82) is 0 Å². The number of rotatable bonds is 3. The molecule has 1 saturated carbocycles. The van der Waals surface area contributed by atoms with Crippen LogP contribution in [0.1, 0.15) is 30.4 Å². The summed E-state index contributed by atoms with van der Waals surface area (Å²) >= 11 is 0. The van der Waals surface area contributed by atoms with Gasteiger partial charge in [0, 0.05) is 17.5 Å². The summed E-state index contributed by atoms with van der Waals surface area (Å²) in [6.07, 6.45) is 3.18. The fraction of sp³-hybridized carbons (Fsp3) is 0.500. The minimum atomic E-state index is -0.772. The summed E-state index contributed by atoms with van der Waals surface area (Å²) < 4.78 is 10.9. The fourth-order valence-electron chi connectivity index (χ4n) is 2.87. The van der Waals surface area contributed by atoms with Gasteiger partial charge in [-0.15, -0.1) is 0 Å². The number of aliphatic carboxylic acids is 1. The molecule has 0 saturated heterocycles. The number of methoxy groups -OCH3 is 1. The zero-order valence-electron chi connectivity index (χ0n) is 10.4. The minimum absolute atomic E-state index is 0.669. The molecule has 1 fully saturated rings. The summed E-state index contributed by atoms with van der Waals surface area (Å²) in [6.45, 7) is 0.669. The first-order chi connectivity index (χ1) is 8.67. The van der Waals surface area contributed by atoms with Crippen LogP contribution in [0.5, 0.6) is 11.5 Å². The summed E-state index contributed by atoms with van der Waals surface area (Å²) in [6, 6.07) is 3.80. The van der Waals surface area contributed by atoms with Gasteiger partial charge in [-0.1, -0.05) is 6.42 Å². The van der Waals surface area contributed by atoms with E-state index in [1.54, 1.807) is 7.11 Å². The van der Waals surface area contributed by atoms with Crippen molar-refractivity contribution in [3.05, 3.63) is 23.3 Å². The van der Waals surface area contributed by atoms with Crippen LogP contribution in [-0.2, 0) is 16.6 Å². The molecule has 0 spiro atoms. The van der Waals surface area contributed by atoms with Crippen molar-refractivity contribution < 1.29 is 19.4 Å². The predicted octanol–water partition coefficient (Wildman–Crippen LogP) is 2.14. The van der Waals surface area contributed by atoms with E-state index in [2.05, 4.69) is 0 Å². The molecule has 18 heavy (non-hydrogen) atoms. The van der Waals surface area contributed by atoms with Gasteiger partial charge in [0.05, 0.1) is 19.1 Å². The molecular formula is C14H16O4. The Labute approximate surface area is 106 Å². The Morgan fingerprint density at radius 1 is 1.44 bits per heavy atom. The maximum Gasteiger partial charge on any atom is 0.314 e. The van der Waals surface area contributed by atoms with Crippen molar-refractivity contribution in [2.45, 2.75) is 31.1 Å². The first kappa shape index (κ1) is 11.4. The first-order valence-electron chi connectivity index (χ1n) is 6.25. The van der Waals surface area contributed by atoms with Crippen molar-refractivity contribution in [2.75, 3.05) is 13.7 Å². The molecule has 3 rings (SSSR count). The molecule has 0 radical (unpaired) electrons. The van der Waals surface area contributed by atoms with E-state index in [1.165, 1.54) is 0 Å². The number of carbonyl (C=O) groups is 1. The van der Waals surface area contributed by atoms with Gasteiger partial charge >= 0.3 is 5.97 Å². The molecule has 4 heteroatoms. The summed E-state index contributed by atoms with van der Waals surface area (Å²) in [5, 5.41) is 9.51. The highest BCUT2D eigenvalue weighted by Gasteiger charge is 2.48. The van der Waals surface area contributed by atoms with Crippen LogP contribution in [0.25, 0.3) is 0 Å². The molecule has 1 aromatic carbocycles. The predicted molar refractivity (Wildman–Crippen MR) is 65.4 cm³/mol. The van der Waals surface area contributed by atoms with Gasteiger partial charge < -0.3 is 14.6 Å². The Hall–Kier alpha value is -1.71. The standard InChI is InChI=1S/C14H16O4/c1-17-12-7-9-3-6-18-11(9)8-10(12)14(13(15)16)4-2-5-14/h7-8H,2-6H2,1H3,(H,15,16). The molecular weight excluding hydrogens is 232 g/mol. The Morgan fingerprint density at radius 2 is 2.22 bits per heavy atom. The molecule has 2 aliphatic rings. The number of fused-ring (bicyclic) bond motifs is 1. The van der Waals surface area contributed by atoms with Crippen LogP contribution < -0.4 is 9.47 Å². The number of hydrogen-bond donors (Lipinski definition) is 1. The molecule has 1 heterocycles. The van der Waals surface area contributed by atoms with Crippen LogP contribution in [0, 0.1) is 0 Å². The maximum absolute atomic E-state index is 11.6. The second-order valence-electron chi connectivity index (χ2n) is 5.00. The number of carboxylic acid groups (broad SMARTS) is 1. The molecule has 1 aliphatic carbocycles. The van der Waals surface area contributed by atoms with Crippen LogP contribution >= 0.6 is 0 Å². The van der Waals surface area contributed by atoms with Crippen molar-refractivity contribution in [1.82, 2.24) is 0 Å². The zero-order chi connectivity index (χ0) is 12.8. The summed E-state index contributed by atoms with van der Waals surface area (Å²) in [5.74, 6) is 0.740. The lowest BCUT2D eigenvalue weighted by Gasteiger charge is -2.39.